The molecule has 0 aromatic rings. The summed E-state index contributed by atoms with van der Waals surface area (Å²) in [7, 11) is 0. The van der Waals surface area contributed by atoms with Gasteiger partial charge in [-0.2, -0.15) is 0 Å². The van der Waals surface area contributed by atoms with Crippen LogP contribution >= 0.6 is 0 Å². The van der Waals surface area contributed by atoms with E-state index in [1.54, 1.807) is 0 Å². The third kappa shape index (κ3) is 2.83. The molecule has 0 saturated heterocycles. The Kier molecular flexibility index (Phi) is 4.22. The summed E-state index contributed by atoms with van der Waals surface area (Å²) >= 11 is 0. The zero-order chi connectivity index (χ0) is 13.1. The van der Waals surface area contributed by atoms with Crippen LogP contribution in [0.15, 0.2) is 0 Å². The van der Waals surface area contributed by atoms with E-state index in [2.05, 4.69) is 10.6 Å². The van der Waals surface area contributed by atoms with Crippen LogP contribution in [0.1, 0.15) is 32.6 Å². The number of hydrogen-bond donors (Lipinski definition) is 3. The number of carbonyl (C=O) groups excluding carboxylic acids is 2. The Labute approximate surface area is 107 Å². The predicted octanol–water partition coefficient (Wildman–Crippen LogP) is 0.0358. The quantitative estimate of drug-likeness (QED) is 0.620. The maximum atomic E-state index is 11.6. The highest BCUT2D eigenvalue weighted by Gasteiger charge is 2.42. The molecule has 3 N–H and O–H groups in total. The average molecular weight is 254 g/mol. The first-order valence-electron chi connectivity index (χ1n) is 6.81. The number of nitrogens with one attached hydrogen (secondary N) is 2. The summed E-state index contributed by atoms with van der Waals surface area (Å²) in [5.41, 5.74) is 0. The normalized spacial score (nSPS) is 31.1. The molecule has 18 heavy (non-hydrogen) atoms. The van der Waals surface area contributed by atoms with E-state index in [-0.39, 0.29) is 19.2 Å². The van der Waals surface area contributed by atoms with Crippen LogP contribution in [0.2, 0.25) is 0 Å². The van der Waals surface area contributed by atoms with Crippen molar-refractivity contribution >= 4 is 11.8 Å². The second-order valence-electron chi connectivity index (χ2n) is 5.58. The lowest BCUT2D eigenvalue weighted by Crippen LogP contribution is -2.47. The predicted molar refractivity (Wildman–Crippen MR) is 66.6 cm³/mol. The first-order chi connectivity index (χ1) is 8.61. The molecule has 2 aliphatic rings. The maximum Gasteiger partial charge on any atom is 0.309 e. The molecule has 0 spiro atoms. The highest BCUT2D eigenvalue weighted by atomic mass is 16.3. The van der Waals surface area contributed by atoms with Gasteiger partial charge in [0.1, 0.15) is 0 Å². The van der Waals surface area contributed by atoms with Crippen LogP contribution in [-0.4, -0.2) is 36.1 Å². The first-order valence-corrected chi connectivity index (χ1v) is 6.81. The fourth-order valence-electron chi connectivity index (χ4n) is 3.54. The summed E-state index contributed by atoms with van der Waals surface area (Å²) in [6.45, 7) is 1.96. The minimum Gasteiger partial charge on any atom is -0.395 e. The summed E-state index contributed by atoms with van der Waals surface area (Å²) in [5, 5.41) is 13.7. The first kappa shape index (κ1) is 13.3. The van der Waals surface area contributed by atoms with E-state index in [1.165, 1.54) is 25.7 Å². The smallest absolute Gasteiger partial charge is 0.309 e. The molecular weight excluding hydrogens is 232 g/mol. The molecule has 5 heteroatoms. The molecule has 2 rings (SSSR count). The lowest BCUT2D eigenvalue weighted by molar-refractivity contribution is -0.139. The van der Waals surface area contributed by atoms with Crippen LogP contribution in [0, 0.1) is 17.8 Å². The number of carbonyl (C=O) groups is 2. The Bertz CT molecular complexity index is 332. The van der Waals surface area contributed by atoms with Crippen LogP contribution < -0.4 is 10.6 Å². The maximum absolute atomic E-state index is 11.6. The molecule has 2 amide bonds. The number of aliphatic hydroxyl groups is 1. The van der Waals surface area contributed by atoms with Gasteiger partial charge in [0.15, 0.2) is 0 Å². The van der Waals surface area contributed by atoms with E-state index in [4.69, 9.17) is 5.11 Å². The van der Waals surface area contributed by atoms with Crippen molar-refractivity contribution < 1.29 is 14.7 Å². The van der Waals surface area contributed by atoms with Gasteiger partial charge in [0.25, 0.3) is 0 Å². The van der Waals surface area contributed by atoms with E-state index in [9.17, 15) is 9.59 Å². The summed E-state index contributed by atoms with van der Waals surface area (Å²) in [6, 6.07) is 0.0627. The van der Waals surface area contributed by atoms with Crippen LogP contribution in [0.3, 0.4) is 0 Å². The van der Waals surface area contributed by atoms with E-state index in [0.717, 1.165) is 11.8 Å². The van der Waals surface area contributed by atoms with Gasteiger partial charge in [-0.25, -0.2) is 0 Å². The van der Waals surface area contributed by atoms with E-state index in [1.807, 2.05) is 6.92 Å². The van der Waals surface area contributed by atoms with Crippen molar-refractivity contribution in [2.24, 2.45) is 17.8 Å². The van der Waals surface area contributed by atoms with Gasteiger partial charge < -0.3 is 15.7 Å². The standard InChI is InChI=1S/C13H22N2O3/c1-8(11-7-9-2-3-10(11)6-9)15-13(18)12(17)14-4-5-16/h8-11,16H,2-7H2,1H3,(H,14,17)(H,15,18). The van der Waals surface area contributed by atoms with Gasteiger partial charge in [0, 0.05) is 12.6 Å². The third-order valence-electron chi connectivity index (χ3n) is 4.40. The minimum absolute atomic E-state index is 0.0627. The fourth-order valence-corrected chi connectivity index (χ4v) is 3.54. The second-order valence-corrected chi connectivity index (χ2v) is 5.58. The fraction of sp³-hybridized carbons (Fsp3) is 0.846. The van der Waals surface area contributed by atoms with Gasteiger partial charge in [-0.3, -0.25) is 9.59 Å². The molecule has 5 nitrogen and oxygen atoms in total. The molecule has 2 saturated carbocycles. The number of fused-ring (bicyclic) bond motifs is 2. The molecule has 2 bridgehead atoms. The molecule has 4 atom stereocenters. The number of hydrogen-bond acceptors (Lipinski definition) is 3. The lowest BCUT2D eigenvalue weighted by atomic mass is 9.84. The monoisotopic (exact) mass is 254 g/mol. The van der Waals surface area contributed by atoms with Crippen LogP contribution in [0.5, 0.6) is 0 Å². The number of amides is 2. The van der Waals surface area contributed by atoms with E-state index in [0.29, 0.717) is 5.92 Å². The van der Waals surface area contributed by atoms with Crippen LogP contribution in [0.4, 0.5) is 0 Å². The highest BCUT2D eigenvalue weighted by Crippen LogP contribution is 2.49. The molecule has 2 fully saturated rings. The van der Waals surface area contributed by atoms with E-state index < -0.39 is 11.8 Å². The molecule has 102 valence electrons. The average Bonchev–Trinajstić information content (AvgIpc) is 2.97. The zero-order valence-electron chi connectivity index (χ0n) is 10.8. The van der Waals surface area contributed by atoms with Crippen molar-refractivity contribution in [3.05, 3.63) is 0 Å². The zero-order valence-corrected chi connectivity index (χ0v) is 10.8. The molecule has 0 aromatic heterocycles. The van der Waals surface area contributed by atoms with Gasteiger partial charge in [-0.15, -0.1) is 0 Å². The number of aliphatic hydroxyl groups excluding tert-OH is 1. The van der Waals surface area contributed by atoms with Gasteiger partial charge in [0.05, 0.1) is 6.61 Å². The van der Waals surface area contributed by atoms with Crippen LogP contribution in [0.25, 0.3) is 0 Å². The molecule has 0 aliphatic heterocycles. The van der Waals surface area contributed by atoms with Gasteiger partial charge in [-0.05, 0) is 43.9 Å². The largest absolute Gasteiger partial charge is 0.395 e. The number of rotatable bonds is 4. The summed E-state index contributed by atoms with van der Waals surface area (Å²) in [6.07, 6.45) is 5.08. The van der Waals surface area contributed by atoms with Crippen molar-refractivity contribution in [2.45, 2.75) is 38.6 Å². The van der Waals surface area contributed by atoms with Crippen molar-refractivity contribution in [1.82, 2.24) is 10.6 Å². The third-order valence-corrected chi connectivity index (χ3v) is 4.40. The van der Waals surface area contributed by atoms with Gasteiger partial charge in [0.2, 0.25) is 0 Å². The Morgan fingerprint density at radius 2 is 2.06 bits per heavy atom. The Hall–Kier alpha value is -1.10. The molecule has 0 heterocycles. The summed E-state index contributed by atoms with van der Waals surface area (Å²) in [4.78, 5) is 23.0. The van der Waals surface area contributed by atoms with E-state index >= 15 is 0 Å². The SMILES string of the molecule is CC(NC(=O)C(=O)NCCO)C1CC2CCC1C2. The highest BCUT2D eigenvalue weighted by molar-refractivity contribution is 6.35. The topological polar surface area (TPSA) is 78.4 Å². The summed E-state index contributed by atoms with van der Waals surface area (Å²) < 4.78 is 0. The van der Waals surface area contributed by atoms with Crippen LogP contribution in [-0.2, 0) is 9.59 Å². The molecule has 4 unspecified atom stereocenters. The minimum atomic E-state index is -0.654. The molecule has 2 aliphatic carbocycles. The van der Waals surface area contributed by atoms with Crippen molar-refractivity contribution in [3.63, 3.8) is 0 Å². The second kappa shape index (κ2) is 5.69. The van der Waals surface area contributed by atoms with Crippen molar-refractivity contribution in [3.8, 4) is 0 Å². The van der Waals surface area contributed by atoms with Crippen molar-refractivity contribution in [2.75, 3.05) is 13.2 Å². The summed E-state index contributed by atoms with van der Waals surface area (Å²) in [5.74, 6) is 0.851. The molecule has 0 aromatic carbocycles. The Morgan fingerprint density at radius 3 is 2.61 bits per heavy atom. The molecule has 0 radical (unpaired) electrons. The van der Waals surface area contributed by atoms with Gasteiger partial charge in [-0.1, -0.05) is 6.42 Å². The Balaban J connectivity index is 1.78. The molecular formula is C13H22N2O3. The lowest BCUT2D eigenvalue weighted by Gasteiger charge is -2.28. The van der Waals surface area contributed by atoms with Gasteiger partial charge >= 0.3 is 11.8 Å². The Morgan fingerprint density at radius 1 is 1.28 bits per heavy atom. The van der Waals surface area contributed by atoms with Crippen molar-refractivity contribution in [1.29, 1.82) is 0 Å².